The standard InChI is InChI=1S/C24H32ClN3O3S/c1-3-20-7-4-5-15-28(20)16-6-14-26-24(29)19-10-13-23(22(25)17-19)27-32(30,31)21-11-8-18(2)9-12-21/h8-13,17,20,27H,3-7,14-16H2,1-2H3,(H,26,29)/t20-/m0/s1. The first-order valence-electron chi connectivity index (χ1n) is 11.2. The summed E-state index contributed by atoms with van der Waals surface area (Å²) < 4.78 is 27.7. The number of nitrogens with one attached hydrogen (secondary N) is 2. The van der Waals surface area contributed by atoms with E-state index in [0.717, 1.165) is 25.1 Å². The number of sulfonamides is 1. The predicted molar refractivity (Wildman–Crippen MR) is 130 cm³/mol. The molecule has 6 nitrogen and oxygen atoms in total. The molecule has 0 aliphatic carbocycles. The zero-order valence-corrected chi connectivity index (χ0v) is 20.3. The van der Waals surface area contributed by atoms with Crippen LogP contribution in [0.25, 0.3) is 0 Å². The number of carbonyl (C=O) groups is 1. The number of carbonyl (C=O) groups excluding carboxylic acids is 1. The van der Waals surface area contributed by atoms with E-state index in [-0.39, 0.29) is 21.5 Å². The molecule has 1 aliphatic rings. The molecule has 0 aromatic heterocycles. The number of anilines is 1. The summed E-state index contributed by atoms with van der Waals surface area (Å²) in [4.78, 5) is 15.2. The van der Waals surface area contributed by atoms with Gasteiger partial charge >= 0.3 is 0 Å². The lowest BCUT2D eigenvalue weighted by molar-refractivity contribution is 0.0947. The molecule has 1 amide bonds. The number of nitrogens with zero attached hydrogens (tertiary/aromatic N) is 1. The van der Waals surface area contributed by atoms with Crippen LogP contribution in [0.4, 0.5) is 5.69 Å². The minimum absolute atomic E-state index is 0.153. The second-order valence-corrected chi connectivity index (χ2v) is 10.4. The van der Waals surface area contributed by atoms with Gasteiger partial charge in [0.1, 0.15) is 0 Å². The van der Waals surface area contributed by atoms with E-state index in [0.29, 0.717) is 18.2 Å². The summed E-state index contributed by atoms with van der Waals surface area (Å²) in [6.45, 7) is 6.84. The molecule has 32 heavy (non-hydrogen) atoms. The van der Waals surface area contributed by atoms with Crippen molar-refractivity contribution < 1.29 is 13.2 Å². The van der Waals surface area contributed by atoms with Crippen LogP contribution in [-0.2, 0) is 10.0 Å². The molecule has 174 valence electrons. The van der Waals surface area contributed by atoms with Gasteiger partial charge in [-0.15, -0.1) is 0 Å². The van der Waals surface area contributed by atoms with Crippen molar-refractivity contribution in [3.8, 4) is 0 Å². The van der Waals surface area contributed by atoms with Crippen LogP contribution in [0.15, 0.2) is 47.4 Å². The molecule has 0 spiro atoms. The molecule has 0 bridgehead atoms. The van der Waals surface area contributed by atoms with Crippen molar-refractivity contribution in [2.45, 2.75) is 56.9 Å². The average Bonchev–Trinajstić information content (AvgIpc) is 2.78. The number of piperidine rings is 1. The molecule has 0 unspecified atom stereocenters. The molecule has 1 fully saturated rings. The quantitative estimate of drug-likeness (QED) is 0.507. The first-order chi connectivity index (χ1) is 15.3. The van der Waals surface area contributed by atoms with Gasteiger partial charge in [0.05, 0.1) is 15.6 Å². The monoisotopic (exact) mass is 477 g/mol. The molecule has 0 saturated carbocycles. The fourth-order valence-corrected chi connectivity index (χ4v) is 5.43. The molecule has 1 atom stereocenters. The van der Waals surface area contributed by atoms with E-state index in [1.54, 1.807) is 30.3 Å². The summed E-state index contributed by atoms with van der Waals surface area (Å²) in [7, 11) is -3.76. The van der Waals surface area contributed by atoms with Gasteiger partial charge in [-0.3, -0.25) is 9.52 Å². The number of hydrogen-bond acceptors (Lipinski definition) is 4. The van der Waals surface area contributed by atoms with E-state index >= 15 is 0 Å². The third kappa shape index (κ3) is 6.47. The Morgan fingerprint density at radius 2 is 1.91 bits per heavy atom. The Morgan fingerprint density at radius 3 is 2.59 bits per heavy atom. The lowest BCUT2D eigenvalue weighted by atomic mass is 10.00. The number of rotatable bonds is 9. The number of benzene rings is 2. The van der Waals surface area contributed by atoms with Gasteiger partial charge in [-0.25, -0.2) is 8.42 Å². The normalized spacial score (nSPS) is 17.2. The van der Waals surface area contributed by atoms with Crippen molar-refractivity contribution in [1.82, 2.24) is 10.2 Å². The minimum Gasteiger partial charge on any atom is -0.352 e. The fraction of sp³-hybridized carbons (Fsp3) is 0.458. The summed E-state index contributed by atoms with van der Waals surface area (Å²) in [5.41, 5.74) is 1.61. The first kappa shape index (κ1) is 24.6. The highest BCUT2D eigenvalue weighted by atomic mass is 35.5. The van der Waals surface area contributed by atoms with Crippen molar-refractivity contribution in [3.05, 3.63) is 58.6 Å². The third-order valence-corrected chi connectivity index (χ3v) is 7.63. The van der Waals surface area contributed by atoms with Crippen LogP contribution in [-0.4, -0.2) is 44.9 Å². The van der Waals surface area contributed by atoms with Crippen molar-refractivity contribution >= 4 is 33.2 Å². The predicted octanol–water partition coefficient (Wildman–Crippen LogP) is 4.83. The van der Waals surface area contributed by atoms with Gasteiger partial charge in [0.2, 0.25) is 0 Å². The average molecular weight is 478 g/mol. The van der Waals surface area contributed by atoms with E-state index in [2.05, 4.69) is 21.9 Å². The van der Waals surface area contributed by atoms with Crippen LogP contribution in [0.3, 0.4) is 0 Å². The molecular weight excluding hydrogens is 446 g/mol. The maximum absolute atomic E-state index is 12.6. The zero-order valence-electron chi connectivity index (χ0n) is 18.7. The molecule has 1 aliphatic heterocycles. The van der Waals surface area contributed by atoms with Gasteiger partial charge in [0.15, 0.2) is 0 Å². The lowest BCUT2D eigenvalue weighted by Gasteiger charge is -2.35. The summed E-state index contributed by atoms with van der Waals surface area (Å²) in [5.74, 6) is -0.217. The molecule has 8 heteroatoms. The van der Waals surface area contributed by atoms with E-state index in [9.17, 15) is 13.2 Å². The van der Waals surface area contributed by atoms with Crippen LogP contribution in [0.5, 0.6) is 0 Å². The number of halogens is 1. The molecule has 1 saturated heterocycles. The molecular formula is C24H32ClN3O3S. The van der Waals surface area contributed by atoms with Gasteiger partial charge in [-0.1, -0.05) is 42.6 Å². The first-order valence-corrected chi connectivity index (χ1v) is 13.1. The third-order valence-electron chi connectivity index (χ3n) is 5.93. The second-order valence-electron chi connectivity index (χ2n) is 8.32. The summed E-state index contributed by atoms with van der Waals surface area (Å²) >= 11 is 6.27. The Kier molecular flexibility index (Phi) is 8.57. The van der Waals surface area contributed by atoms with Crippen molar-refractivity contribution in [3.63, 3.8) is 0 Å². The highest BCUT2D eigenvalue weighted by Gasteiger charge is 2.20. The maximum Gasteiger partial charge on any atom is 0.261 e. The van der Waals surface area contributed by atoms with Crippen LogP contribution in [0.2, 0.25) is 5.02 Å². The Morgan fingerprint density at radius 1 is 1.16 bits per heavy atom. The Labute approximate surface area is 196 Å². The second kappa shape index (κ2) is 11.2. The molecule has 2 aromatic carbocycles. The summed E-state index contributed by atoms with van der Waals surface area (Å²) in [6.07, 6.45) is 5.89. The summed E-state index contributed by atoms with van der Waals surface area (Å²) in [5, 5.41) is 3.11. The van der Waals surface area contributed by atoms with Gasteiger partial charge in [0.25, 0.3) is 15.9 Å². The molecule has 2 N–H and O–H groups in total. The largest absolute Gasteiger partial charge is 0.352 e. The van der Waals surface area contributed by atoms with E-state index in [1.807, 2.05) is 6.92 Å². The Bertz CT molecular complexity index is 1030. The van der Waals surface area contributed by atoms with Gasteiger partial charge < -0.3 is 10.2 Å². The number of hydrogen-bond donors (Lipinski definition) is 2. The lowest BCUT2D eigenvalue weighted by Crippen LogP contribution is -2.40. The molecule has 0 radical (unpaired) electrons. The Balaban J connectivity index is 1.53. The number of likely N-dealkylation sites (tertiary alicyclic amines) is 1. The van der Waals surface area contributed by atoms with Crippen LogP contribution in [0, 0.1) is 6.92 Å². The van der Waals surface area contributed by atoms with Gasteiger partial charge in [-0.2, -0.15) is 0 Å². The van der Waals surface area contributed by atoms with Crippen molar-refractivity contribution in [1.29, 1.82) is 0 Å². The topological polar surface area (TPSA) is 78.5 Å². The number of aryl methyl sites for hydroxylation is 1. The smallest absolute Gasteiger partial charge is 0.261 e. The zero-order chi connectivity index (χ0) is 23.1. The van der Waals surface area contributed by atoms with Crippen molar-refractivity contribution in [2.75, 3.05) is 24.4 Å². The van der Waals surface area contributed by atoms with Crippen molar-refractivity contribution in [2.24, 2.45) is 0 Å². The van der Waals surface area contributed by atoms with Crippen LogP contribution in [0.1, 0.15) is 54.9 Å². The van der Waals surface area contributed by atoms with Crippen LogP contribution >= 0.6 is 11.6 Å². The summed E-state index contributed by atoms with van der Waals surface area (Å²) in [6, 6.07) is 11.8. The van der Waals surface area contributed by atoms with E-state index in [1.165, 1.54) is 37.8 Å². The highest BCUT2D eigenvalue weighted by molar-refractivity contribution is 7.92. The Hall–Kier alpha value is -2.09. The number of amides is 1. The van der Waals surface area contributed by atoms with Crippen LogP contribution < -0.4 is 10.0 Å². The minimum atomic E-state index is -3.76. The molecule has 1 heterocycles. The highest BCUT2D eigenvalue weighted by Crippen LogP contribution is 2.26. The van der Waals surface area contributed by atoms with Gasteiger partial charge in [0, 0.05) is 24.7 Å². The molecule has 2 aromatic rings. The maximum atomic E-state index is 12.6. The SMILES string of the molecule is CC[C@H]1CCCCN1CCCNC(=O)c1ccc(NS(=O)(=O)c2ccc(C)cc2)c(Cl)c1. The molecule has 3 rings (SSSR count). The van der Waals surface area contributed by atoms with Gasteiger partial charge in [-0.05, 0) is 69.5 Å². The van der Waals surface area contributed by atoms with E-state index < -0.39 is 10.0 Å². The van der Waals surface area contributed by atoms with E-state index in [4.69, 9.17) is 11.6 Å². The fourth-order valence-electron chi connectivity index (χ4n) is 4.06.